The highest BCUT2D eigenvalue weighted by Crippen LogP contribution is 2.18. The first-order valence-electron chi connectivity index (χ1n) is 5.60. The predicted octanol–water partition coefficient (Wildman–Crippen LogP) is 0.687. The molecule has 1 fully saturated rings. The lowest BCUT2D eigenvalue weighted by Crippen LogP contribution is -2.54. The van der Waals surface area contributed by atoms with E-state index in [1.54, 1.807) is 0 Å². The Hall–Kier alpha value is -0.120. The third kappa shape index (κ3) is 3.23. The highest BCUT2D eigenvalue weighted by atomic mass is 16.3. The van der Waals surface area contributed by atoms with Crippen LogP contribution in [0.15, 0.2) is 0 Å². The van der Waals surface area contributed by atoms with Gasteiger partial charge in [0.1, 0.15) is 0 Å². The van der Waals surface area contributed by atoms with Crippen molar-refractivity contribution in [3.8, 4) is 0 Å². The minimum atomic E-state index is -0.558. The Morgan fingerprint density at radius 3 is 2.71 bits per heavy atom. The van der Waals surface area contributed by atoms with Gasteiger partial charge in [-0.15, -0.1) is 0 Å². The maximum atomic E-state index is 10.2. The van der Waals surface area contributed by atoms with Crippen LogP contribution in [0, 0.1) is 5.92 Å². The van der Waals surface area contributed by atoms with Gasteiger partial charge >= 0.3 is 0 Å². The average Bonchev–Trinajstić information content (AvgIpc) is 2.02. The molecule has 3 nitrogen and oxygen atoms in total. The molecule has 0 aromatic heterocycles. The highest BCUT2D eigenvalue weighted by molar-refractivity contribution is 4.84. The molecule has 0 bridgehead atoms. The number of nitrogens with zero attached hydrogens (tertiary/aromatic N) is 1. The maximum Gasteiger partial charge on any atom is 0.0768 e. The van der Waals surface area contributed by atoms with Crippen LogP contribution in [0.25, 0.3) is 0 Å². The smallest absolute Gasteiger partial charge is 0.0768 e. The number of aliphatic hydroxyl groups is 1. The summed E-state index contributed by atoms with van der Waals surface area (Å²) in [4.78, 5) is 2.35. The van der Waals surface area contributed by atoms with Crippen molar-refractivity contribution in [3.05, 3.63) is 0 Å². The molecule has 0 aliphatic carbocycles. The van der Waals surface area contributed by atoms with Crippen molar-refractivity contribution >= 4 is 0 Å². The number of hydrogen-bond donors (Lipinski definition) is 2. The van der Waals surface area contributed by atoms with Gasteiger partial charge in [0.15, 0.2) is 0 Å². The van der Waals surface area contributed by atoms with E-state index in [4.69, 9.17) is 0 Å². The summed E-state index contributed by atoms with van der Waals surface area (Å²) in [6.45, 7) is 12.2. The Morgan fingerprint density at radius 1 is 1.57 bits per heavy atom. The summed E-state index contributed by atoms with van der Waals surface area (Å²) in [6.07, 6.45) is 0. The van der Waals surface area contributed by atoms with Gasteiger partial charge in [0.2, 0.25) is 0 Å². The summed E-state index contributed by atoms with van der Waals surface area (Å²) in [5.41, 5.74) is -0.558. The van der Waals surface area contributed by atoms with E-state index in [9.17, 15) is 5.11 Å². The van der Waals surface area contributed by atoms with E-state index in [1.165, 1.54) is 0 Å². The van der Waals surface area contributed by atoms with Crippen LogP contribution in [0.1, 0.15) is 27.7 Å². The first kappa shape index (κ1) is 12.0. The Kier molecular flexibility index (Phi) is 3.93. The molecule has 1 saturated heterocycles. The van der Waals surface area contributed by atoms with E-state index < -0.39 is 5.60 Å². The van der Waals surface area contributed by atoms with Crippen molar-refractivity contribution in [3.63, 3.8) is 0 Å². The molecule has 1 unspecified atom stereocenters. The van der Waals surface area contributed by atoms with Crippen molar-refractivity contribution in [1.82, 2.24) is 10.2 Å². The number of nitrogens with one attached hydrogen (secondary N) is 1. The average molecular weight is 200 g/mol. The molecular formula is C11H24N2O. The van der Waals surface area contributed by atoms with Crippen LogP contribution >= 0.6 is 0 Å². The SMILES string of the molecule is CC(C)C(C)(O)CN1CCN[C@H](C)C1. The molecule has 0 radical (unpaired) electrons. The second-order valence-electron chi connectivity index (χ2n) is 5.10. The van der Waals surface area contributed by atoms with E-state index in [2.05, 4.69) is 31.0 Å². The van der Waals surface area contributed by atoms with Gasteiger partial charge in [-0.05, 0) is 19.8 Å². The number of hydrogen-bond acceptors (Lipinski definition) is 3. The van der Waals surface area contributed by atoms with Crippen LogP contribution in [-0.2, 0) is 0 Å². The lowest BCUT2D eigenvalue weighted by molar-refractivity contribution is -0.0238. The Bertz CT molecular complexity index is 180. The first-order chi connectivity index (χ1) is 6.42. The fourth-order valence-electron chi connectivity index (χ4n) is 1.79. The third-order valence-electron chi connectivity index (χ3n) is 3.24. The molecule has 1 aliphatic rings. The van der Waals surface area contributed by atoms with Crippen molar-refractivity contribution in [1.29, 1.82) is 0 Å². The fraction of sp³-hybridized carbons (Fsp3) is 1.00. The van der Waals surface area contributed by atoms with E-state index in [-0.39, 0.29) is 0 Å². The van der Waals surface area contributed by atoms with Crippen LogP contribution in [0.5, 0.6) is 0 Å². The zero-order valence-electron chi connectivity index (χ0n) is 9.88. The van der Waals surface area contributed by atoms with Gasteiger partial charge in [-0.2, -0.15) is 0 Å². The van der Waals surface area contributed by atoms with Crippen LogP contribution in [0.2, 0.25) is 0 Å². The van der Waals surface area contributed by atoms with Crippen LogP contribution in [-0.4, -0.2) is 47.8 Å². The van der Waals surface area contributed by atoms with Crippen molar-refractivity contribution < 1.29 is 5.11 Å². The van der Waals surface area contributed by atoms with Gasteiger partial charge in [0, 0.05) is 32.2 Å². The predicted molar refractivity (Wildman–Crippen MR) is 59.4 cm³/mol. The molecule has 0 amide bonds. The second kappa shape index (κ2) is 4.60. The monoisotopic (exact) mass is 200 g/mol. The number of piperazine rings is 1. The van der Waals surface area contributed by atoms with Gasteiger partial charge in [0.25, 0.3) is 0 Å². The standard InChI is InChI=1S/C11H24N2O/c1-9(2)11(4,14)8-13-6-5-12-10(3)7-13/h9-10,12,14H,5-8H2,1-4H3/t10-,11?/m1/s1. The lowest BCUT2D eigenvalue weighted by Gasteiger charge is -2.38. The van der Waals surface area contributed by atoms with Crippen LogP contribution < -0.4 is 5.32 Å². The molecule has 0 aromatic rings. The number of rotatable bonds is 3. The van der Waals surface area contributed by atoms with Gasteiger partial charge < -0.3 is 10.4 Å². The quantitative estimate of drug-likeness (QED) is 0.703. The third-order valence-corrected chi connectivity index (χ3v) is 3.24. The van der Waals surface area contributed by atoms with Crippen molar-refractivity contribution in [2.24, 2.45) is 5.92 Å². The normalized spacial score (nSPS) is 29.1. The van der Waals surface area contributed by atoms with E-state index in [0.717, 1.165) is 26.2 Å². The molecule has 1 rings (SSSR count). The maximum absolute atomic E-state index is 10.2. The molecule has 0 spiro atoms. The Balaban J connectivity index is 2.43. The second-order valence-corrected chi connectivity index (χ2v) is 5.10. The zero-order valence-corrected chi connectivity index (χ0v) is 9.88. The van der Waals surface area contributed by atoms with E-state index in [0.29, 0.717) is 12.0 Å². The summed E-state index contributed by atoms with van der Waals surface area (Å²) in [5.74, 6) is 0.313. The van der Waals surface area contributed by atoms with Crippen molar-refractivity contribution in [2.75, 3.05) is 26.2 Å². The minimum absolute atomic E-state index is 0.313. The van der Waals surface area contributed by atoms with Crippen LogP contribution in [0.3, 0.4) is 0 Å². The summed E-state index contributed by atoms with van der Waals surface area (Å²) < 4.78 is 0. The van der Waals surface area contributed by atoms with Gasteiger partial charge in [-0.3, -0.25) is 4.90 Å². The zero-order chi connectivity index (χ0) is 10.8. The summed E-state index contributed by atoms with van der Waals surface area (Å²) in [6, 6.07) is 0.548. The molecule has 1 heterocycles. The van der Waals surface area contributed by atoms with Crippen molar-refractivity contribution in [2.45, 2.75) is 39.3 Å². The molecule has 3 heteroatoms. The number of β-amino-alcohol motifs (C(OH)–C–C–N with tert-alkyl or cyclic N) is 1. The highest BCUT2D eigenvalue weighted by Gasteiger charge is 2.29. The van der Waals surface area contributed by atoms with Gasteiger partial charge in [0.05, 0.1) is 5.60 Å². The molecule has 2 N–H and O–H groups in total. The summed E-state index contributed by atoms with van der Waals surface area (Å²) in [5, 5.41) is 13.6. The molecule has 2 atom stereocenters. The molecule has 14 heavy (non-hydrogen) atoms. The largest absolute Gasteiger partial charge is 0.389 e. The first-order valence-corrected chi connectivity index (χ1v) is 5.60. The molecule has 0 aromatic carbocycles. The van der Waals surface area contributed by atoms with Crippen LogP contribution in [0.4, 0.5) is 0 Å². The molecular weight excluding hydrogens is 176 g/mol. The fourth-order valence-corrected chi connectivity index (χ4v) is 1.79. The van der Waals surface area contributed by atoms with Gasteiger partial charge in [-0.25, -0.2) is 0 Å². The molecule has 0 saturated carbocycles. The Morgan fingerprint density at radius 2 is 2.21 bits per heavy atom. The topological polar surface area (TPSA) is 35.5 Å². The van der Waals surface area contributed by atoms with Gasteiger partial charge in [-0.1, -0.05) is 13.8 Å². The van der Waals surface area contributed by atoms with E-state index >= 15 is 0 Å². The molecule has 1 aliphatic heterocycles. The lowest BCUT2D eigenvalue weighted by atomic mass is 9.91. The summed E-state index contributed by atoms with van der Waals surface area (Å²) >= 11 is 0. The minimum Gasteiger partial charge on any atom is -0.389 e. The molecule has 84 valence electrons. The Labute approximate surface area is 87.5 Å². The summed E-state index contributed by atoms with van der Waals surface area (Å²) in [7, 11) is 0. The van der Waals surface area contributed by atoms with E-state index in [1.807, 2.05) is 6.92 Å².